The van der Waals surface area contributed by atoms with Crippen molar-refractivity contribution >= 4 is 81.7 Å². The topological polar surface area (TPSA) is 117 Å². The summed E-state index contributed by atoms with van der Waals surface area (Å²) in [5.41, 5.74) is 3.02. The van der Waals surface area contributed by atoms with Gasteiger partial charge in [0.25, 0.3) is 0 Å². The van der Waals surface area contributed by atoms with Crippen LogP contribution in [0.3, 0.4) is 0 Å². The van der Waals surface area contributed by atoms with Gasteiger partial charge in [0.05, 0.1) is 14.2 Å². The molecule has 216 valence electrons. The number of thiazole rings is 1. The first kappa shape index (κ1) is 30.9. The van der Waals surface area contributed by atoms with E-state index in [4.69, 9.17) is 9.47 Å². The molecule has 13 heteroatoms. The summed E-state index contributed by atoms with van der Waals surface area (Å²) in [7, 11) is -1.84. The number of hydrogen-bond acceptors (Lipinski definition) is 8. The fraction of sp³-hybridized carbons (Fsp3) is 0.407. The third-order valence-corrected chi connectivity index (χ3v) is 14.4. The Morgan fingerprint density at radius 2 is 1.93 bits per heavy atom. The number of benzene rings is 1. The number of hydrogen-bond donors (Lipinski definition) is 2. The molecule has 2 N–H and O–H groups in total. The fourth-order valence-electron chi connectivity index (χ4n) is 4.40. The minimum absolute atomic E-state index is 0.356. The summed E-state index contributed by atoms with van der Waals surface area (Å²) in [5, 5.41) is 9.41. The van der Waals surface area contributed by atoms with Gasteiger partial charge >= 0.3 is 241 Å². The molecule has 0 fully saturated rings. The number of fused-ring (bicyclic) bond motifs is 2. The first-order valence-corrected chi connectivity index (χ1v) is 18.3. The van der Waals surface area contributed by atoms with Crippen molar-refractivity contribution in [2.24, 2.45) is 0 Å². The van der Waals surface area contributed by atoms with Crippen LogP contribution in [-0.2, 0) is 21.5 Å². The number of carbonyl (C=O) groups is 1. The van der Waals surface area contributed by atoms with E-state index >= 15 is 0 Å². The molecular weight excluding hydrogens is 688 g/mol. The summed E-state index contributed by atoms with van der Waals surface area (Å²) < 4.78 is 49.1. The second-order valence-corrected chi connectivity index (χ2v) is 16.8. The van der Waals surface area contributed by atoms with Crippen LogP contribution in [-0.4, -0.2) is 71.0 Å². The molecule has 0 amide bonds. The Labute approximate surface area is 253 Å². The van der Waals surface area contributed by atoms with E-state index in [0.717, 1.165) is 22.0 Å². The number of nitrogens with zero attached hydrogens (tertiary/aromatic N) is 2. The molecular formula is C27H33N2O7S3Te+. The first-order valence-electron chi connectivity index (χ1n) is 12.7. The molecule has 1 aromatic carbocycles. The summed E-state index contributed by atoms with van der Waals surface area (Å²) in [6, 6.07) is 3.47. The summed E-state index contributed by atoms with van der Waals surface area (Å²) in [4.78, 5) is 15.6. The van der Waals surface area contributed by atoms with Gasteiger partial charge in [-0.3, -0.25) is 0 Å². The first-order chi connectivity index (χ1) is 18.9. The van der Waals surface area contributed by atoms with E-state index in [-0.39, 0.29) is 20.9 Å². The Morgan fingerprint density at radius 1 is 1.25 bits per heavy atom. The van der Waals surface area contributed by atoms with Gasteiger partial charge in [-0.25, -0.2) is 0 Å². The summed E-state index contributed by atoms with van der Waals surface area (Å²) in [6.07, 6.45) is 7.14. The maximum atomic E-state index is 12.0. The molecule has 3 heterocycles. The molecule has 2 aliphatic heterocycles. The van der Waals surface area contributed by atoms with Gasteiger partial charge in [-0.1, -0.05) is 0 Å². The molecule has 0 aliphatic carbocycles. The third kappa shape index (κ3) is 6.25. The molecule has 0 spiro atoms. The van der Waals surface area contributed by atoms with Crippen molar-refractivity contribution in [1.29, 1.82) is 0 Å². The number of anilines is 1. The van der Waals surface area contributed by atoms with E-state index in [1.807, 2.05) is 6.08 Å². The Balaban J connectivity index is 1.82. The van der Waals surface area contributed by atoms with Gasteiger partial charge in [0, 0.05) is 0 Å². The Kier molecular flexibility index (Phi) is 9.64. The quantitative estimate of drug-likeness (QED) is 0.212. The number of allylic oxidation sites excluding steroid dienone is 3. The van der Waals surface area contributed by atoms with Crippen molar-refractivity contribution in [3.05, 3.63) is 44.3 Å². The number of thioether (sulfide) groups is 1. The molecule has 9 nitrogen and oxygen atoms in total. The van der Waals surface area contributed by atoms with Crippen molar-refractivity contribution in [2.75, 3.05) is 25.7 Å². The van der Waals surface area contributed by atoms with E-state index in [2.05, 4.69) is 44.4 Å². The van der Waals surface area contributed by atoms with Gasteiger partial charge in [0.15, 0.2) is 0 Å². The van der Waals surface area contributed by atoms with Crippen LogP contribution in [0.5, 0.6) is 11.5 Å². The Morgan fingerprint density at radius 3 is 2.50 bits per heavy atom. The van der Waals surface area contributed by atoms with Crippen LogP contribution in [0, 0.1) is 0 Å². The standard InChI is InChI=1S/C27H32N2O7S3Te/c1-7-17(10-24-28(8-2)26-22(38-24)9-15(3)16(4)40-26)11-25-29(14-23(27(30)31)39(32,33)34)18-12-19(35-5)20(36-6)13-21(18)37-25/h9-13,16,23H,7-8,14H2,1-6H3,(H-,30,31,32,33,34)/p+1. The molecule has 2 aromatic rings. The van der Waals surface area contributed by atoms with Gasteiger partial charge in [-0.2, -0.15) is 0 Å². The molecule has 2 aliphatic rings. The van der Waals surface area contributed by atoms with E-state index in [1.165, 1.54) is 40.2 Å². The zero-order valence-corrected chi connectivity index (χ0v) is 27.9. The molecule has 0 radical (unpaired) electrons. The van der Waals surface area contributed by atoms with Crippen molar-refractivity contribution in [3.63, 3.8) is 0 Å². The molecule has 40 heavy (non-hydrogen) atoms. The van der Waals surface area contributed by atoms with Crippen molar-refractivity contribution in [3.8, 4) is 11.5 Å². The van der Waals surface area contributed by atoms with Crippen LogP contribution in [0.4, 0.5) is 5.69 Å². The van der Waals surface area contributed by atoms with Crippen LogP contribution < -0.4 is 22.7 Å². The van der Waals surface area contributed by atoms with Crippen molar-refractivity contribution < 1.29 is 36.9 Å². The van der Waals surface area contributed by atoms with Crippen molar-refractivity contribution in [1.82, 2.24) is 0 Å². The second-order valence-electron chi connectivity index (χ2n) is 9.29. The third-order valence-electron chi connectivity index (χ3n) is 6.79. The Hall–Kier alpha value is -2.01. The molecule has 0 saturated carbocycles. The van der Waals surface area contributed by atoms with Crippen LogP contribution >= 0.6 is 23.1 Å². The summed E-state index contributed by atoms with van der Waals surface area (Å²) in [6.45, 7) is 9.12. The number of ether oxygens (including phenoxy) is 2. The van der Waals surface area contributed by atoms with E-state index in [9.17, 15) is 22.9 Å². The SMILES string of the molecule is CCC(=Cc1sc2c([n+]1CC)[Te]C(C)C(C)=C2)C=C1Sc2cc(OC)c(OC)cc2N1CC(C(=O)O)S(=O)(=O)O. The van der Waals surface area contributed by atoms with Gasteiger partial charge in [-0.05, 0) is 0 Å². The monoisotopic (exact) mass is 723 g/mol. The van der Waals surface area contributed by atoms with E-state index < -0.39 is 27.9 Å². The van der Waals surface area contributed by atoms with Crippen LogP contribution in [0.2, 0.25) is 3.97 Å². The average molecular weight is 721 g/mol. The predicted molar refractivity (Wildman–Crippen MR) is 161 cm³/mol. The number of rotatable bonds is 10. The molecule has 2 unspecified atom stereocenters. The maximum absolute atomic E-state index is 12.0. The van der Waals surface area contributed by atoms with E-state index in [1.54, 1.807) is 28.4 Å². The van der Waals surface area contributed by atoms with Gasteiger partial charge in [0.1, 0.15) is 0 Å². The number of carboxylic acids is 1. The second kappa shape index (κ2) is 12.5. The van der Waals surface area contributed by atoms with E-state index in [0.29, 0.717) is 32.6 Å². The van der Waals surface area contributed by atoms with Crippen LogP contribution in [0.1, 0.15) is 44.0 Å². The zero-order valence-electron chi connectivity index (χ0n) is 23.1. The van der Waals surface area contributed by atoms with Gasteiger partial charge < -0.3 is 0 Å². The molecule has 2 atom stereocenters. The fourth-order valence-corrected chi connectivity index (χ4v) is 11.4. The normalized spacial score (nSPS) is 18.8. The zero-order chi connectivity index (χ0) is 29.4. The Bertz CT molecular complexity index is 1530. The minimum atomic E-state index is -4.86. The number of carboxylic acid groups (broad SMARTS) is 1. The number of aromatic nitrogens is 1. The number of aliphatic carboxylic acids is 1. The molecule has 0 bridgehead atoms. The molecule has 4 rings (SSSR count). The van der Waals surface area contributed by atoms with Gasteiger partial charge in [-0.15, -0.1) is 0 Å². The summed E-state index contributed by atoms with van der Waals surface area (Å²) in [5.74, 6) is -0.699. The molecule has 0 saturated heterocycles. The van der Waals surface area contributed by atoms with Gasteiger partial charge in [0.2, 0.25) is 0 Å². The van der Waals surface area contributed by atoms with Crippen LogP contribution in [0.25, 0.3) is 12.2 Å². The number of methoxy groups -OCH3 is 2. The molecule has 1 aromatic heterocycles. The summed E-state index contributed by atoms with van der Waals surface area (Å²) >= 11 is 2.81. The van der Waals surface area contributed by atoms with Crippen LogP contribution in [0.15, 0.2) is 39.3 Å². The average Bonchev–Trinajstić information content (AvgIpc) is 3.40. The van der Waals surface area contributed by atoms with Crippen molar-refractivity contribution in [2.45, 2.75) is 54.8 Å². The predicted octanol–water partition coefficient (Wildman–Crippen LogP) is 4.22.